The lowest BCUT2D eigenvalue weighted by Crippen LogP contribution is -2.18. The molecule has 0 fully saturated rings. The maximum Gasteiger partial charge on any atom is 0.0446 e. The zero-order chi connectivity index (χ0) is 11.8. The Labute approximate surface area is 108 Å². The number of nitrogens with two attached hydrogens (primary N) is 1. The average molecular weight is 258 g/mol. The lowest BCUT2D eigenvalue weighted by atomic mass is 10.1. The quantitative estimate of drug-likeness (QED) is 0.745. The van der Waals surface area contributed by atoms with E-state index in [2.05, 4.69) is 13.0 Å². The van der Waals surface area contributed by atoms with E-state index in [1.165, 1.54) is 17.7 Å². The normalized spacial score (nSPS) is 12.7. The van der Waals surface area contributed by atoms with Gasteiger partial charge in [-0.15, -0.1) is 0 Å². The smallest absolute Gasteiger partial charge is 0.0446 e. The van der Waals surface area contributed by atoms with E-state index in [1.807, 2.05) is 30.0 Å². The minimum absolute atomic E-state index is 0.376. The standard InChI is InChI=1S/C13H20ClNS/c1-2-12(15)7-5-9-16-10-11-6-3-4-8-13(11)14/h3-4,6,8,12H,2,5,7,9-10,15H2,1H3. The first-order valence-electron chi connectivity index (χ1n) is 5.80. The fourth-order valence-corrected chi connectivity index (χ4v) is 2.72. The number of hydrogen-bond acceptors (Lipinski definition) is 2. The first-order valence-corrected chi connectivity index (χ1v) is 7.34. The van der Waals surface area contributed by atoms with Crippen LogP contribution < -0.4 is 5.73 Å². The molecule has 90 valence electrons. The zero-order valence-electron chi connectivity index (χ0n) is 9.79. The maximum absolute atomic E-state index is 6.08. The fourth-order valence-electron chi connectivity index (χ4n) is 1.45. The van der Waals surface area contributed by atoms with Crippen LogP contribution in [0.2, 0.25) is 5.02 Å². The van der Waals surface area contributed by atoms with Gasteiger partial charge in [0.25, 0.3) is 0 Å². The summed E-state index contributed by atoms with van der Waals surface area (Å²) in [6.07, 6.45) is 3.41. The van der Waals surface area contributed by atoms with Gasteiger partial charge in [0.15, 0.2) is 0 Å². The van der Waals surface area contributed by atoms with Crippen LogP contribution in [0.1, 0.15) is 31.7 Å². The molecule has 3 heteroatoms. The van der Waals surface area contributed by atoms with Gasteiger partial charge in [-0.2, -0.15) is 11.8 Å². The van der Waals surface area contributed by atoms with Crippen LogP contribution in [0.15, 0.2) is 24.3 Å². The number of hydrogen-bond donors (Lipinski definition) is 1. The Morgan fingerprint density at radius 1 is 1.38 bits per heavy atom. The molecule has 1 aromatic rings. The van der Waals surface area contributed by atoms with Crippen molar-refractivity contribution in [3.63, 3.8) is 0 Å². The molecule has 2 N–H and O–H groups in total. The van der Waals surface area contributed by atoms with Crippen LogP contribution in [0, 0.1) is 0 Å². The Kier molecular flexibility index (Phi) is 6.93. The number of halogens is 1. The molecule has 1 aromatic carbocycles. The molecule has 1 unspecified atom stereocenters. The third-order valence-corrected chi connectivity index (χ3v) is 4.06. The lowest BCUT2D eigenvalue weighted by molar-refractivity contribution is 0.589. The lowest BCUT2D eigenvalue weighted by Gasteiger charge is -2.08. The van der Waals surface area contributed by atoms with Crippen molar-refractivity contribution in [3.8, 4) is 0 Å². The van der Waals surface area contributed by atoms with E-state index in [0.717, 1.165) is 23.6 Å². The van der Waals surface area contributed by atoms with Gasteiger partial charge in [0, 0.05) is 16.8 Å². The molecule has 0 heterocycles. The summed E-state index contributed by atoms with van der Waals surface area (Å²) in [6.45, 7) is 2.14. The third kappa shape index (κ3) is 5.24. The topological polar surface area (TPSA) is 26.0 Å². The third-order valence-electron chi connectivity index (χ3n) is 2.60. The minimum atomic E-state index is 0.376. The number of rotatable bonds is 7. The molecule has 16 heavy (non-hydrogen) atoms. The van der Waals surface area contributed by atoms with Crippen molar-refractivity contribution in [2.24, 2.45) is 5.73 Å². The molecular weight excluding hydrogens is 238 g/mol. The zero-order valence-corrected chi connectivity index (χ0v) is 11.4. The Balaban J connectivity index is 2.14. The molecule has 0 bridgehead atoms. The van der Waals surface area contributed by atoms with Crippen LogP contribution in [0.25, 0.3) is 0 Å². The van der Waals surface area contributed by atoms with Crippen molar-refractivity contribution in [3.05, 3.63) is 34.9 Å². The van der Waals surface area contributed by atoms with Crippen molar-refractivity contribution in [1.82, 2.24) is 0 Å². The molecule has 0 amide bonds. The Bertz CT molecular complexity index is 304. The molecule has 1 nitrogen and oxygen atoms in total. The van der Waals surface area contributed by atoms with E-state index in [0.29, 0.717) is 6.04 Å². The number of benzene rings is 1. The summed E-state index contributed by atoms with van der Waals surface area (Å²) in [5.41, 5.74) is 7.09. The van der Waals surface area contributed by atoms with Crippen LogP contribution in [0.4, 0.5) is 0 Å². The fraction of sp³-hybridized carbons (Fsp3) is 0.538. The van der Waals surface area contributed by atoms with Crippen LogP contribution in [0.3, 0.4) is 0 Å². The van der Waals surface area contributed by atoms with Gasteiger partial charge < -0.3 is 5.73 Å². The Morgan fingerprint density at radius 2 is 2.12 bits per heavy atom. The van der Waals surface area contributed by atoms with Gasteiger partial charge in [-0.05, 0) is 36.6 Å². The summed E-state index contributed by atoms with van der Waals surface area (Å²) in [6, 6.07) is 8.42. The highest BCUT2D eigenvalue weighted by Gasteiger charge is 2.01. The van der Waals surface area contributed by atoms with Gasteiger partial charge in [-0.1, -0.05) is 36.7 Å². The summed E-state index contributed by atoms with van der Waals surface area (Å²) in [5.74, 6) is 2.17. The maximum atomic E-state index is 6.08. The molecule has 1 atom stereocenters. The molecule has 1 rings (SSSR count). The molecule has 0 aliphatic heterocycles. The predicted octanol–water partition coefficient (Wildman–Crippen LogP) is 4.09. The molecule has 0 aliphatic rings. The van der Waals surface area contributed by atoms with E-state index < -0.39 is 0 Å². The van der Waals surface area contributed by atoms with E-state index >= 15 is 0 Å². The van der Waals surface area contributed by atoms with Crippen molar-refractivity contribution in [2.75, 3.05) is 5.75 Å². The second kappa shape index (κ2) is 7.99. The molecule has 0 saturated heterocycles. The summed E-state index contributed by atoms with van der Waals surface area (Å²) in [4.78, 5) is 0. The van der Waals surface area contributed by atoms with Crippen molar-refractivity contribution in [1.29, 1.82) is 0 Å². The van der Waals surface area contributed by atoms with Crippen LogP contribution in [0.5, 0.6) is 0 Å². The molecule has 0 radical (unpaired) electrons. The molecule has 0 aromatic heterocycles. The van der Waals surface area contributed by atoms with Gasteiger partial charge in [-0.3, -0.25) is 0 Å². The van der Waals surface area contributed by atoms with Gasteiger partial charge in [0.05, 0.1) is 0 Å². The van der Waals surface area contributed by atoms with E-state index in [-0.39, 0.29) is 0 Å². The highest BCUT2D eigenvalue weighted by atomic mass is 35.5. The monoisotopic (exact) mass is 257 g/mol. The average Bonchev–Trinajstić information content (AvgIpc) is 2.30. The molecule has 0 aliphatic carbocycles. The SMILES string of the molecule is CCC(N)CCCSCc1ccccc1Cl. The van der Waals surface area contributed by atoms with Gasteiger partial charge in [0.1, 0.15) is 0 Å². The van der Waals surface area contributed by atoms with Crippen molar-refractivity contribution < 1.29 is 0 Å². The second-order valence-corrected chi connectivity index (χ2v) is 5.47. The summed E-state index contributed by atoms with van der Waals surface area (Å²) >= 11 is 8.01. The summed E-state index contributed by atoms with van der Waals surface area (Å²) in [7, 11) is 0. The Morgan fingerprint density at radius 3 is 2.81 bits per heavy atom. The predicted molar refractivity (Wildman–Crippen MR) is 75.1 cm³/mol. The first kappa shape index (κ1) is 13.9. The van der Waals surface area contributed by atoms with Crippen LogP contribution in [-0.4, -0.2) is 11.8 Å². The summed E-state index contributed by atoms with van der Waals surface area (Å²) in [5, 5.41) is 0.875. The van der Waals surface area contributed by atoms with Crippen LogP contribution in [-0.2, 0) is 5.75 Å². The minimum Gasteiger partial charge on any atom is -0.328 e. The number of thioether (sulfide) groups is 1. The van der Waals surface area contributed by atoms with E-state index in [4.69, 9.17) is 17.3 Å². The molecular formula is C13H20ClNS. The highest BCUT2D eigenvalue weighted by Crippen LogP contribution is 2.21. The van der Waals surface area contributed by atoms with E-state index in [1.54, 1.807) is 0 Å². The van der Waals surface area contributed by atoms with Gasteiger partial charge in [-0.25, -0.2) is 0 Å². The van der Waals surface area contributed by atoms with Crippen molar-refractivity contribution in [2.45, 2.75) is 38.0 Å². The second-order valence-electron chi connectivity index (χ2n) is 3.95. The highest BCUT2D eigenvalue weighted by molar-refractivity contribution is 7.98. The molecule has 0 saturated carbocycles. The van der Waals surface area contributed by atoms with E-state index in [9.17, 15) is 0 Å². The Hall–Kier alpha value is -0.180. The summed E-state index contributed by atoms with van der Waals surface area (Å²) < 4.78 is 0. The largest absolute Gasteiger partial charge is 0.328 e. The molecule has 0 spiro atoms. The van der Waals surface area contributed by atoms with Gasteiger partial charge in [0.2, 0.25) is 0 Å². The van der Waals surface area contributed by atoms with Crippen LogP contribution >= 0.6 is 23.4 Å². The first-order chi connectivity index (χ1) is 7.74. The van der Waals surface area contributed by atoms with Gasteiger partial charge >= 0.3 is 0 Å². The van der Waals surface area contributed by atoms with Crippen molar-refractivity contribution >= 4 is 23.4 Å².